The molecule has 1 heterocycles. The maximum absolute atomic E-state index is 13.2. The average Bonchev–Trinajstić information content (AvgIpc) is 3.24. The smallest absolute Gasteiger partial charge is 0.246 e. The summed E-state index contributed by atoms with van der Waals surface area (Å²) >= 11 is 0. The predicted octanol–water partition coefficient (Wildman–Crippen LogP) is 3.43. The standard InChI is InChI=1S/C24H31N3O4S/c1-26(21-12-10-18-8-4-5-9-20(18)21)17-24(28)25-19-11-13-22(31-2)23(16-19)32(29,30)27-14-6-3-7-15-27/h4-5,8-9,11,13,16,21H,3,6-7,10,12,14-15,17H2,1-2H3,(H,25,28). The maximum atomic E-state index is 13.2. The predicted molar refractivity (Wildman–Crippen MR) is 124 cm³/mol. The van der Waals surface area contributed by atoms with E-state index in [1.165, 1.54) is 28.6 Å². The van der Waals surface area contributed by atoms with E-state index in [1.807, 2.05) is 19.2 Å². The van der Waals surface area contributed by atoms with Gasteiger partial charge in [0.25, 0.3) is 0 Å². The minimum absolute atomic E-state index is 0.0952. The highest BCUT2D eigenvalue weighted by Crippen LogP contribution is 2.35. The summed E-state index contributed by atoms with van der Waals surface area (Å²) in [5, 5.41) is 2.87. The van der Waals surface area contributed by atoms with Gasteiger partial charge in [-0.2, -0.15) is 4.31 Å². The molecule has 0 saturated carbocycles. The van der Waals surface area contributed by atoms with Crippen LogP contribution in [0.3, 0.4) is 0 Å². The molecule has 1 unspecified atom stereocenters. The minimum atomic E-state index is -3.69. The second-order valence-corrected chi connectivity index (χ2v) is 10.5. The van der Waals surface area contributed by atoms with Crippen molar-refractivity contribution in [2.45, 2.75) is 43.0 Å². The van der Waals surface area contributed by atoms with Crippen LogP contribution in [-0.4, -0.2) is 57.3 Å². The molecule has 0 bridgehead atoms. The second kappa shape index (κ2) is 9.60. The van der Waals surface area contributed by atoms with E-state index in [4.69, 9.17) is 4.74 Å². The third kappa shape index (κ3) is 4.67. The van der Waals surface area contributed by atoms with Crippen LogP contribution in [0.25, 0.3) is 0 Å². The van der Waals surface area contributed by atoms with E-state index < -0.39 is 10.0 Å². The summed E-state index contributed by atoms with van der Waals surface area (Å²) in [7, 11) is -0.279. The first kappa shape index (κ1) is 22.8. The number of benzene rings is 2. The van der Waals surface area contributed by atoms with Crippen molar-refractivity contribution in [3.8, 4) is 5.75 Å². The van der Waals surface area contributed by atoms with Crippen LogP contribution in [-0.2, 0) is 21.2 Å². The van der Waals surface area contributed by atoms with Gasteiger partial charge in [0, 0.05) is 24.8 Å². The SMILES string of the molecule is COc1ccc(NC(=O)CN(C)C2CCc3ccccc32)cc1S(=O)(=O)N1CCCCC1. The van der Waals surface area contributed by atoms with Crippen LogP contribution in [0.2, 0.25) is 0 Å². The van der Waals surface area contributed by atoms with E-state index in [-0.39, 0.29) is 29.1 Å². The largest absolute Gasteiger partial charge is 0.495 e. The van der Waals surface area contributed by atoms with Crippen LogP contribution in [0.15, 0.2) is 47.4 Å². The molecule has 1 fully saturated rings. The van der Waals surface area contributed by atoms with E-state index in [2.05, 4.69) is 22.3 Å². The fourth-order valence-electron chi connectivity index (χ4n) is 4.73. The van der Waals surface area contributed by atoms with Gasteiger partial charge in [-0.15, -0.1) is 0 Å². The Balaban J connectivity index is 1.47. The number of carbonyl (C=O) groups is 1. The molecule has 8 heteroatoms. The number of rotatable bonds is 7. The van der Waals surface area contributed by atoms with Crippen molar-refractivity contribution >= 4 is 21.6 Å². The zero-order valence-corrected chi connectivity index (χ0v) is 19.5. The number of aryl methyl sites for hydroxylation is 1. The third-order valence-corrected chi connectivity index (χ3v) is 8.33. The summed E-state index contributed by atoms with van der Waals surface area (Å²) in [4.78, 5) is 14.9. The number of hydrogen-bond acceptors (Lipinski definition) is 5. The zero-order valence-electron chi connectivity index (χ0n) is 18.7. The third-order valence-electron chi connectivity index (χ3n) is 6.41. The fraction of sp³-hybridized carbons (Fsp3) is 0.458. The first-order chi connectivity index (χ1) is 15.4. The zero-order chi connectivity index (χ0) is 22.7. The number of ether oxygens (including phenoxy) is 1. The lowest BCUT2D eigenvalue weighted by atomic mass is 10.1. The molecule has 0 aromatic heterocycles. The Morgan fingerprint density at radius 2 is 1.91 bits per heavy atom. The van der Waals surface area contributed by atoms with Gasteiger partial charge in [-0.25, -0.2) is 8.42 Å². The molecule has 2 aliphatic rings. The van der Waals surface area contributed by atoms with Crippen LogP contribution in [0.1, 0.15) is 42.9 Å². The van der Waals surface area contributed by atoms with E-state index >= 15 is 0 Å². The van der Waals surface area contributed by atoms with Gasteiger partial charge in [-0.05, 0) is 62.1 Å². The van der Waals surface area contributed by atoms with Crippen molar-refractivity contribution in [1.82, 2.24) is 9.21 Å². The molecule has 1 aliphatic heterocycles. The molecule has 2 aromatic rings. The number of nitrogens with one attached hydrogen (secondary N) is 1. The van der Waals surface area contributed by atoms with Crippen LogP contribution in [0.4, 0.5) is 5.69 Å². The van der Waals surface area contributed by atoms with Gasteiger partial charge in [0.1, 0.15) is 10.6 Å². The number of nitrogens with zero attached hydrogens (tertiary/aromatic N) is 2. The van der Waals surface area contributed by atoms with E-state index in [0.717, 1.165) is 32.1 Å². The normalized spacial score (nSPS) is 19.0. The molecule has 1 N–H and O–H groups in total. The van der Waals surface area contributed by atoms with E-state index in [9.17, 15) is 13.2 Å². The maximum Gasteiger partial charge on any atom is 0.246 e. The van der Waals surface area contributed by atoms with Gasteiger partial charge in [-0.1, -0.05) is 30.7 Å². The Hall–Kier alpha value is -2.42. The summed E-state index contributed by atoms with van der Waals surface area (Å²) in [6, 6.07) is 13.3. The van der Waals surface area contributed by atoms with E-state index in [0.29, 0.717) is 18.8 Å². The van der Waals surface area contributed by atoms with Crippen molar-refractivity contribution in [3.05, 3.63) is 53.6 Å². The molecule has 1 amide bonds. The molecule has 0 spiro atoms. The Bertz CT molecular complexity index is 1080. The van der Waals surface area contributed by atoms with Crippen LogP contribution in [0, 0.1) is 0 Å². The second-order valence-electron chi connectivity index (χ2n) is 8.55. The molecule has 172 valence electrons. The quantitative estimate of drug-likeness (QED) is 0.689. The summed E-state index contributed by atoms with van der Waals surface area (Å²) in [6.45, 7) is 1.24. The number of hydrogen-bond donors (Lipinski definition) is 1. The molecule has 1 aliphatic carbocycles. The summed E-state index contributed by atoms with van der Waals surface area (Å²) < 4.78 is 33.2. The Labute approximate surface area is 190 Å². The molecule has 4 rings (SSSR count). The Kier molecular flexibility index (Phi) is 6.83. The van der Waals surface area contributed by atoms with Gasteiger partial charge in [-0.3, -0.25) is 9.69 Å². The van der Waals surface area contributed by atoms with Crippen molar-refractivity contribution in [2.24, 2.45) is 0 Å². The Morgan fingerprint density at radius 1 is 1.16 bits per heavy atom. The molecular formula is C24H31N3O4S. The fourth-order valence-corrected chi connectivity index (χ4v) is 6.43. The van der Waals surface area contributed by atoms with Crippen molar-refractivity contribution < 1.29 is 17.9 Å². The highest BCUT2D eigenvalue weighted by molar-refractivity contribution is 7.89. The van der Waals surface area contributed by atoms with Gasteiger partial charge in [0.15, 0.2) is 0 Å². The lowest BCUT2D eigenvalue weighted by molar-refractivity contribution is -0.117. The van der Waals surface area contributed by atoms with Crippen LogP contribution >= 0.6 is 0 Å². The molecule has 2 aromatic carbocycles. The average molecular weight is 458 g/mol. The molecule has 1 atom stereocenters. The number of amides is 1. The van der Waals surface area contributed by atoms with Crippen molar-refractivity contribution in [2.75, 3.05) is 39.1 Å². The van der Waals surface area contributed by atoms with Gasteiger partial charge in [0.2, 0.25) is 15.9 Å². The van der Waals surface area contributed by atoms with Crippen molar-refractivity contribution in [1.29, 1.82) is 0 Å². The van der Waals surface area contributed by atoms with Gasteiger partial charge < -0.3 is 10.1 Å². The Morgan fingerprint density at radius 3 is 2.66 bits per heavy atom. The lowest BCUT2D eigenvalue weighted by Crippen LogP contribution is -2.36. The number of likely N-dealkylation sites (N-methyl/N-ethyl adjacent to an activating group) is 1. The van der Waals surface area contributed by atoms with Crippen molar-refractivity contribution in [3.63, 3.8) is 0 Å². The number of fused-ring (bicyclic) bond motifs is 1. The highest BCUT2D eigenvalue weighted by Gasteiger charge is 2.30. The topological polar surface area (TPSA) is 79.0 Å². The van der Waals surface area contributed by atoms with Crippen LogP contribution < -0.4 is 10.1 Å². The lowest BCUT2D eigenvalue weighted by Gasteiger charge is -2.27. The monoisotopic (exact) mass is 457 g/mol. The molecule has 32 heavy (non-hydrogen) atoms. The summed E-state index contributed by atoms with van der Waals surface area (Å²) in [5.74, 6) is 0.108. The molecular weight excluding hydrogens is 426 g/mol. The number of piperidine rings is 1. The molecule has 1 saturated heterocycles. The summed E-state index contributed by atoms with van der Waals surface area (Å²) in [6.07, 6.45) is 4.76. The first-order valence-corrected chi connectivity index (χ1v) is 12.6. The van der Waals surface area contributed by atoms with Crippen LogP contribution in [0.5, 0.6) is 5.75 Å². The number of methoxy groups -OCH3 is 1. The van der Waals surface area contributed by atoms with Gasteiger partial charge >= 0.3 is 0 Å². The molecule has 0 radical (unpaired) electrons. The molecule has 7 nitrogen and oxygen atoms in total. The number of sulfonamides is 1. The number of carbonyl (C=O) groups excluding carboxylic acids is 1. The van der Waals surface area contributed by atoms with Gasteiger partial charge in [0.05, 0.1) is 13.7 Å². The first-order valence-electron chi connectivity index (χ1n) is 11.2. The van der Waals surface area contributed by atoms with E-state index in [1.54, 1.807) is 12.1 Å². The highest BCUT2D eigenvalue weighted by atomic mass is 32.2. The minimum Gasteiger partial charge on any atom is -0.495 e. The summed E-state index contributed by atoms with van der Waals surface area (Å²) in [5.41, 5.74) is 3.07. The number of anilines is 1.